The second-order valence-electron chi connectivity index (χ2n) is 4.42. The lowest BCUT2D eigenvalue weighted by atomic mass is 10.1. The van der Waals surface area contributed by atoms with Gasteiger partial charge in [-0.3, -0.25) is 0 Å². The number of nitrogens with two attached hydrogens (primary N) is 1. The SMILES string of the molecule is NC1CCCc2nc(-c3ccc(F)cc3)cn21. The van der Waals surface area contributed by atoms with Gasteiger partial charge in [-0.2, -0.15) is 0 Å². The Balaban J connectivity index is 2.02. The van der Waals surface area contributed by atoms with Crippen LogP contribution in [0.15, 0.2) is 30.5 Å². The zero-order chi connectivity index (χ0) is 11.8. The predicted octanol–water partition coefficient (Wildman–Crippen LogP) is 2.48. The van der Waals surface area contributed by atoms with Gasteiger partial charge in [0.05, 0.1) is 11.9 Å². The van der Waals surface area contributed by atoms with Crippen LogP contribution in [0.25, 0.3) is 11.3 Å². The van der Waals surface area contributed by atoms with Gasteiger partial charge in [-0.05, 0) is 37.1 Å². The molecule has 0 spiro atoms. The van der Waals surface area contributed by atoms with Crippen molar-refractivity contribution in [2.45, 2.75) is 25.4 Å². The molecule has 1 unspecified atom stereocenters. The van der Waals surface area contributed by atoms with Crippen LogP contribution >= 0.6 is 0 Å². The summed E-state index contributed by atoms with van der Waals surface area (Å²) < 4.78 is 14.9. The molecule has 0 bridgehead atoms. The van der Waals surface area contributed by atoms with E-state index in [1.807, 2.05) is 10.8 Å². The van der Waals surface area contributed by atoms with Crippen LogP contribution in [0, 0.1) is 5.82 Å². The molecule has 2 aromatic rings. The molecule has 1 aliphatic heterocycles. The second kappa shape index (κ2) is 3.96. The zero-order valence-electron chi connectivity index (χ0n) is 9.44. The molecule has 17 heavy (non-hydrogen) atoms. The Labute approximate surface area is 99.1 Å². The first-order valence-electron chi connectivity index (χ1n) is 5.83. The molecular formula is C13H14FN3. The summed E-state index contributed by atoms with van der Waals surface area (Å²) >= 11 is 0. The molecule has 1 atom stereocenters. The third kappa shape index (κ3) is 1.85. The van der Waals surface area contributed by atoms with Crippen LogP contribution < -0.4 is 5.73 Å². The van der Waals surface area contributed by atoms with E-state index in [1.165, 1.54) is 12.1 Å². The number of rotatable bonds is 1. The Morgan fingerprint density at radius 1 is 1.29 bits per heavy atom. The monoisotopic (exact) mass is 231 g/mol. The van der Waals surface area contributed by atoms with Crippen molar-refractivity contribution in [3.63, 3.8) is 0 Å². The average molecular weight is 231 g/mol. The molecule has 2 heterocycles. The highest BCUT2D eigenvalue weighted by Gasteiger charge is 2.18. The summed E-state index contributed by atoms with van der Waals surface area (Å²) in [5, 5.41) is 0. The first-order chi connectivity index (χ1) is 8.24. The van der Waals surface area contributed by atoms with E-state index in [2.05, 4.69) is 4.98 Å². The minimum atomic E-state index is -0.227. The van der Waals surface area contributed by atoms with Crippen molar-refractivity contribution >= 4 is 0 Å². The number of benzene rings is 1. The number of fused-ring (bicyclic) bond motifs is 1. The number of aromatic nitrogens is 2. The highest BCUT2D eigenvalue weighted by Crippen LogP contribution is 2.25. The van der Waals surface area contributed by atoms with E-state index in [4.69, 9.17) is 5.73 Å². The summed E-state index contributed by atoms with van der Waals surface area (Å²) in [5.41, 5.74) is 7.83. The first kappa shape index (κ1) is 10.5. The molecule has 1 aromatic carbocycles. The molecule has 0 aliphatic carbocycles. The third-order valence-electron chi connectivity index (χ3n) is 3.21. The van der Waals surface area contributed by atoms with Crippen molar-refractivity contribution in [3.05, 3.63) is 42.1 Å². The lowest BCUT2D eigenvalue weighted by Crippen LogP contribution is -2.24. The molecule has 3 rings (SSSR count). The molecule has 4 heteroatoms. The van der Waals surface area contributed by atoms with Crippen molar-refractivity contribution in [2.24, 2.45) is 5.73 Å². The number of hydrogen-bond donors (Lipinski definition) is 1. The van der Waals surface area contributed by atoms with Gasteiger partial charge in [0, 0.05) is 18.2 Å². The fourth-order valence-corrected chi connectivity index (χ4v) is 2.27. The van der Waals surface area contributed by atoms with E-state index in [-0.39, 0.29) is 12.0 Å². The summed E-state index contributed by atoms with van der Waals surface area (Å²) in [6.45, 7) is 0. The fourth-order valence-electron chi connectivity index (χ4n) is 2.27. The minimum absolute atomic E-state index is 0.0282. The van der Waals surface area contributed by atoms with E-state index < -0.39 is 0 Å². The average Bonchev–Trinajstić information content (AvgIpc) is 2.75. The van der Waals surface area contributed by atoms with Crippen molar-refractivity contribution in [1.29, 1.82) is 0 Å². The van der Waals surface area contributed by atoms with Crippen molar-refractivity contribution in [1.82, 2.24) is 9.55 Å². The summed E-state index contributed by atoms with van der Waals surface area (Å²) in [6.07, 6.45) is 5.04. The third-order valence-corrected chi connectivity index (χ3v) is 3.21. The molecule has 0 saturated carbocycles. The maximum Gasteiger partial charge on any atom is 0.123 e. The smallest absolute Gasteiger partial charge is 0.123 e. The van der Waals surface area contributed by atoms with E-state index in [0.29, 0.717) is 0 Å². The second-order valence-corrected chi connectivity index (χ2v) is 4.42. The number of nitrogens with zero attached hydrogens (tertiary/aromatic N) is 2. The van der Waals surface area contributed by atoms with Crippen LogP contribution in [-0.4, -0.2) is 9.55 Å². The molecule has 1 aliphatic rings. The van der Waals surface area contributed by atoms with Gasteiger partial charge >= 0.3 is 0 Å². The molecule has 0 saturated heterocycles. The van der Waals surface area contributed by atoms with Crippen LogP contribution in [0.2, 0.25) is 0 Å². The van der Waals surface area contributed by atoms with Gasteiger partial charge in [-0.25, -0.2) is 9.37 Å². The topological polar surface area (TPSA) is 43.8 Å². The van der Waals surface area contributed by atoms with Gasteiger partial charge in [-0.1, -0.05) is 0 Å². The fraction of sp³-hybridized carbons (Fsp3) is 0.308. The van der Waals surface area contributed by atoms with Crippen molar-refractivity contribution < 1.29 is 4.39 Å². The van der Waals surface area contributed by atoms with Crippen LogP contribution in [0.1, 0.15) is 24.8 Å². The standard InChI is InChI=1S/C13H14FN3/c14-10-6-4-9(5-7-10)11-8-17-12(15)2-1-3-13(17)16-11/h4-8,12H,1-3,15H2. The number of aryl methyl sites for hydroxylation is 1. The van der Waals surface area contributed by atoms with Crippen LogP contribution in [0.3, 0.4) is 0 Å². The number of imidazole rings is 1. The Kier molecular flexibility index (Phi) is 2.44. The summed E-state index contributed by atoms with van der Waals surface area (Å²) in [4.78, 5) is 4.56. The molecule has 0 fully saturated rings. The molecule has 3 nitrogen and oxygen atoms in total. The summed E-state index contributed by atoms with van der Waals surface area (Å²) in [5.74, 6) is 0.803. The van der Waals surface area contributed by atoms with E-state index >= 15 is 0 Å². The largest absolute Gasteiger partial charge is 0.318 e. The van der Waals surface area contributed by atoms with Gasteiger partial charge in [-0.15, -0.1) is 0 Å². The zero-order valence-corrected chi connectivity index (χ0v) is 9.44. The maximum atomic E-state index is 12.8. The van der Waals surface area contributed by atoms with Crippen LogP contribution in [0.4, 0.5) is 4.39 Å². The Bertz CT molecular complexity index is 530. The maximum absolute atomic E-state index is 12.8. The van der Waals surface area contributed by atoms with Gasteiger partial charge in [0.15, 0.2) is 0 Å². The molecule has 0 amide bonds. The Morgan fingerprint density at radius 2 is 2.06 bits per heavy atom. The van der Waals surface area contributed by atoms with Gasteiger partial charge in [0.1, 0.15) is 11.6 Å². The normalized spacial score (nSPS) is 19.1. The van der Waals surface area contributed by atoms with E-state index in [0.717, 1.165) is 36.3 Å². The van der Waals surface area contributed by atoms with Crippen LogP contribution in [-0.2, 0) is 6.42 Å². The lowest BCUT2D eigenvalue weighted by Gasteiger charge is -2.20. The Morgan fingerprint density at radius 3 is 2.76 bits per heavy atom. The predicted molar refractivity (Wildman–Crippen MR) is 63.8 cm³/mol. The summed E-state index contributed by atoms with van der Waals surface area (Å²) in [7, 11) is 0. The molecule has 88 valence electrons. The quantitative estimate of drug-likeness (QED) is 0.819. The van der Waals surface area contributed by atoms with Gasteiger partial charge in [0.25, 0.3) is 0 Å². The summed E-state index contributed by atoms with van der Waals surface area (Å²) in [6, 6.07) is 6.39. The molecule has 2 N–H and O–H groups in total. The Hall–Kier alpha value is -1.68. The molecule has 0 radical (unpaired) electrons. The van der Waals surface area contributed by atoms with Crippen LogP contribution in [0.5, 0.6) is 0 Å². The minimum Gasteiger partial charge on any atom is -0.318 e. The van der Waals surface area contributed by atoms with Gasteiger partial charge < -0.3 is 10.3 Å². The van der Waals surface area contributed by atoms with E-state index in [1.54, 1.807) is 12.1 Å². The van der Waals surface area contributed by atoms with Crippen molar-refractivity contribution in [2.75, 3.05) is 0 Å². The highest BCUT2D eigenvalue weighted by molar-refractivity contribution is 5.58. The lowest BCUT2D eigenvalue weighted by molar-refractivity contribution is 0.408. The highest BCUT2D eigenvalue weighted by atomic mass is 19.1. The number of hydrogen-bond acceptors (Lipinski definition) is 2. The van der Waals surface area contributed by atoms with Crippen molar-refractivity contribution in [3.8, 4) is 11.3 Å². The number of halogens is 1. The first-order valence-corrected chi connectivity index (χ1v) is 5.83. The molecule has 1 aromatic heterocycles. The molecular weight excluding hydrogens is 217 g/mol. The van der Waals surface area contributed by atoms with E-state index in [9.17, 15) is 4.39 Å². The van der Waals surface area contributed by atoms with Gasteiger partial charge in [0.2, 0.25) is 0 Å².